The third-order valence-corrected chi connectivity index (χ3v) is 7.63. The van der Waals surface area contributed by atoms with Crippen LogP contribution in [-0.2, 0) is 21.2 Å². The molecule has 0 spiro atoms. The standard InChI is InChI=1S/C22H27N3O4S/c1-16-9-10-18(30(27,28)25-11-13-29-14-12-25)15-21(16)24-22(26)23-20-8-4-6-17-5-2-3-7-19(17)20/h2-3,5,7,9-10,15,20H,4,6,8,11-14H2,1H3,(H2,23,24,26). The van der Waals surface area contributed by atoms with Gasteiger partial charge in [0.05, 0.1) is 24.2 Å². The van der Waals surface area contributed by atoms with Crippen LogP contribution in [0.1, 0.15) is 35.6 Å². The number of urea groups is 1. The van der Waals surface area contributed by atoms with Gasteiger partial charge in [0.15, 0.2) is 0 Å². The van der Waals surface area contributed by atoms with Crippen LogP contribution in [0.2, 0.25) is 0 Å². The van der Waals surface area contributed by atoms with Crippen LogP contribution in [0.5, 0.6) is 0 Å². The summed E-state index contributed by atoms with van der Waals surface area (Å²) in [6.07, 6.45) is 2.93. The van der Waals surface area contributed by atoms with Crippen molar-refractivity contribution in [2.75, 3.05) is 31.6 Å². The van der Waals surface area contributed by atoms with E-state index in [2.05, 4.69) is 22.8 Å². The molecule has 2 aromatic rings. The second kappa shape index (κ2) is 8.75. The van der Waals surface area contributed by atoms with Gasteiger partial charge in [-0.3, -0.25) is 0 Å². The third kappa shape index (κ3) is 4.35. The number of fused-ring (bicyclic) bond motifs is 1. The Kier molecular flexibility index (Phi) is 6.08. The molecule has 7 nitrogen and oxygen atoms in total. The fourth-order valence-electron chi connectivity index (χ4n) is 4.05. The van der Waals surface area contributed by atoms with E-state index in [4.69, 9.17) is 4.74 Å². The van der Waals surface area contributed by atoms with Crippen molar-refractivity contribution in [1.82, 2.24) is 9.62 Å². The van der Waals surface area contributed by atoms with E-state index in [9.17, 15) is 13.2 Å². The van der Waals surface area contributed by atoms with Crippen LogP contribution in [0, 0.1) is 6.92 Å². The molecular weight excluding hydrogens is 402 g/mol. The van der Waals surface area contributed by atoms with Gasteiger partial charge in [-0.25, -0.2) is 13.2 Å². The number of morpholine rings is 1. The van der Waals surface area contributed by atoms with Crippen molar-refractivity contribution in [2.45, 2.75) is 37.1 Å². The minimum Gasteiger partial charge on any atom is -0.379 e. The molecule has 8 heteroatoms. The predicted molar refractivity (Wildman–Crippen MR) is 115 cm³/mol. The Morgan fingerprint density at radius 3 is 2.70 bits per heavy atom. The Morgan fingerprint density at radius 1 is 1.13 bits per heavy atom. The molecule has 1 aliphatic carbocycles. The summed E-state index contributed by atoms with van der Waals surface area (Å²) in [7, 11) is -3.62. The van der Waals surface area contributed by atoms with Crippen LogP contribution >= 0.6 is 0 Å². The zero-order chi connectivity index (χ0) is 21.1. The lowest BCUT2D eigenvalue weighted by Gasteiger charge is -2.27. The Labute approximate surface area is 177 Å². The molecule has 4 rings (SSSR count). The summed E-state index contributed by atoms with van der Waals surface area (Å²) in [5.74, 6) is 0. The van der Waals surface area contributed by atoms with Gasteiger partial charge < -0.3 is 15.4 Å². The van der Waals surface area contributed by atoms with E-state index >= 15 is 0 Å². The summed E-state index contributed by atoms with van der Waals surface area (Å²) in [6, 6.07) is 12.6. The summed E-state index contributed by atoms with van der Waals surface area (Å²) in [6.45, 7) is 3.29. The van der Waals surface area contributed by atoms with Crippen LogP contribution in [-0.4, -0.2) is 45.1 Å². The maximum Gasteiger partial charge on any atom is 0.319 e. The summed E-state index contributed by atoms with van der Waals surface area (Å²) in [5.41, 5.74) is 3.71. The van der Waals surface area contributed by atoms with Gasteiger partial charge in [-0.05, 0) is 55.0 Å². The van der Waals surface area contributed by atoms with Gasteiger partial charge in [-0.15, -0.1) is 0 Å². The number of amides is 2. The van der Waals surface area contributed by atoms with Crippen molar-refractivity contribution in [2.24, 2.45) is 0 Å². The molecule has 160 valence electrons. The number of hydrogen-bond donors (Lipinski definition) is 2. The lowest BCUT2D eigenvalue weighted by atomic mass is 9.88. The van der Waals surface area contributed by atoms with Gasteiger partial charge >= 0.3 is 6.03 Å². The van der Waals surface area contributed by atoms with Gasteiger partial charge in [0.25, 0.3) is 0 Å². The average Bonchev–Trinajstić information content (AvgIpc) is 2.76. The topological polar surface area (TPSA) is 87.7 Å². The molecule has 1 unspecified atom stereocenters. The van der Waals surface area contributed by atoms with Gasteiger partial charge in [-0.2, -0.15) is 4.31 Å². The number of nitrogens with zero attached hydrogens (tertiary/aromatic N) is 1. The van der Waals surface area contributed by atoms with Crippen LogP contribution < -0.4 is 10.6 Å². The molecular formula is C22H27N3O4S. The first kappa shape index (κ1) is 20.8. The van der Waals surface area contributed by atoms with E-state index in [0.29, 0.717) is 32.0 Å². The number of rotatable bonds is 4. The number of carbonyl (C=O) groups excluding carboxylic acids is 1. The Bertz CT molecular complexity index is 1030. The molecule has 2 amide bonds. The van der Waals surface area contributed by atoms with E-state index in [1.807, 2.05) is 19.1 Å². The van der Waals surface area contributed by atoms with Crippen LogP contribution in [0.4, 0.5) is 10.5 Å². The van der Waals surface area contributed by atoms with E-state index in [-0.39, 0.29) is 17.0 Å². The number of benzene rings is 2. The maximum absolute atomic E-state index is 12.9. The molecule has 1 aliphatic heterocycles. The monoisotopic (exact) mass is 429 g/mol. The highest BCUT2D eigenvalue weighted by Crippen LogP contribution is 2.30. The summed E-state index contributed by atoms with van der Waals surface area (Å²) < 4.78 is 32.5. The van der Waals surface area contributed by atoms with Gasteiger partial charge in [0.2, 0.25) is 10.0 Å². The molecule has 0 aromatic heterocycles. The molecule has 0 saturated carbocycles. The van der Waals surface area contributed by atoms with Crippen molar-refractivity contribution in [1.29, 1.82) is 0 Å². The summed E-state index contributed by atoms with van der Waals surface area (Å²) >= 11 is 0. The number of anilines is 1. The fourth-order valence-corrected chi connectivity index (χ4v) is 5.49. The van der Waals surface area contributed by atoms with E-state index < -0.39 is 10.0 Å². The molecule has 1 heterocycles. The van der Waals surface area contributed by atoms with Crippen molar-refractivity contribution in [3.8, 4) is 0 Å². The molecule has 2 aromatic carbocycles. The molecule has 30 heavy (non-hydrogen) atoms. The Balaban J connectivity index is 1.50. The fraction of sp³-hybridized carbons (Fsp3) is 0.409. The zero-order valence-corrected chi connectivity index (χ0v) is 17.9. The summed E-state index contributed by atoms with van der Waals surface area (Å²) in [4.78, 5) is 12.9. The molecule has 2 aliphatic rings. The SMILES string of the molecule is Cc1ccc(S(=O)(=O)N2CCOCC2)cc1NC(=O)NC1CCCc2ccccc21. The van der Waals surface area contributed by atoms with Gasteiger partial charge in [0.1, 0.15) is 0 Å². The molecule has 1 fully saturated rings. The maximum atomic E-state index is 12.9. The quantitative estimate of drug-likeness (QED) is 0.781. The summed E-state index contributed by atoms with van der Waals surface area (Å²) in [5, 5.41) is 5.89. The normalized spacial score (nSPS) is 19.7. The van der Waals surface area contributed by atoms with Gasteiger partial charge in [-0.1, -0.05) is 30.3 Å². The molecule has 1 saturated heterocycles. The van der Waals surface area contributed by atoms with Crippen molar-refractivity contribution in [3.63, 3.8) is 0 Å². The van der Waals surface area contributed by atoms with Crippen LogP contribution in [0.25, 0.3) is 0 Å². The number of carbonyl (C=O) groups is 1. The lowest BCUT2D eigenvalue weighted by Crippen LogP contribution is -2.40. The zero-order valence-electron chi connectivity index (χ0n) is 17.1. The number of nitrogens with one attached hydrogen (secondary N) is 2. The molecule has 0 radical (unpaired) electrons. The Morgan fingerprint density at radius 2 is 1.90 bits per heavy atom. The molecule has 0 bridgehead atoms. The minimum atomic E-state index is -3.62. The first-order valence-corrected chi connectivity index (χ1v) is 11.7. The van der Waals surface area contributed by atoms with Crippen LogP contribution in [0.3, 0.4) is 0 Å². The van der Waals surface area contributed by atoms with Crippen LogP contribution in [0.15, 0.2) is 47.4 Å². The van der Waals surface area contributed by atoms with Crippen molar-refractivity contribution >= 4 is 21.7 Å². The largest absolute Gasteiger partial charge is 0.379 e. The second-order valence-corrected chi connectivity index (χ2v) is 9.67. The smallest absolute Gasteiger partial charge is 0.319 e. The number of hydrogen-bond acceptors (Lipinski definition) is 4. The van der Waals surface area contributed by atoms with E-state index in [0.717, 1.165) is 30.4 Å². The third-order valence-electron chi connectivity index (χ3n) is 5.74. The lowest BCUT2D eigenvalue weighted by molar-refractivity contribution is 0.0730. The minimum absolute atomic E-state index is 0.0458. The number of ether oxygens (including phenoxy) is 1. The molecule has 2 N–H and O–H groups in total. The number of aryl methyl sites for hydroxylation is 2. The highest BCUT2D eigenvalue weighted by molar-refractivity contribution is 7.89. The highest BCUT2D eigenvalue weighted by atomic mass is 32.2. The average molecular weight is 430 g/mol. The predicted octanol–water partition coefficient (Wildman–Crippen LogP) is 3.22. The molecule has 1 atom stereocenters. The highest BCUT2D eigenvalue weighted by Gasteiger charge is 2.27. The van der Waals surface area contributed by atoms with Crippen molar-refractivity contribution in [3.05, 3.63) is 59.2 Å². The van der Waals surface area contributed by atoms with E-state index in [1.165, 1.54) is 15.9 Å². The van der Waals surface area contributed by atoms with Gasteiger partial charge in [0, 0.05) is 18.8 Å². The number of sulfonamides is 1. The van der Waals surface area contributed by atoms with Crippen molar-refractivity contribution < 1.29 is 17.9 Å². The first-order chi connectivity index (χ1) is 14.4. The first-order valence-electron chi connectivity index (χ1n) is 10.3. The Hall–Kier alpha value is -2.42. The second-order valence-electron chi connectivity index (χ2n) is 7.74. The van der Waals surface area contributed by atoms with E-state index in [1.54, 1.807) is 12.1 Å².